The second kappa shape index (κ2) is 9.15. The van der Waals surface area contributed by atoms with Gasteiger partial charge in [0.25, 0.3) is 0 Å². The summed E-state index contributed by atoms with van der Waals surface area (Å²) in [5.41, 5.74) is 9.01. The van der Waals surface area contributed by atoms with Crippen molar-refractivity contribution >= 4 is 0 Å². The molecular weight excluding hydrogens is 244 g/mol. The van der Waals surface area contributed by atoms with Crippen LogP contribution < -0.4 is 5.73 Å². The summed E-state index contributed by atoms with van der Waals surface area (Å²) in [5.74, 6) is 0.796. The zero-order valence-corrected chi connectivity index (χ0v) is 13.7. The summed E-state index contributed by atoms with van der Waals surface area (Å²) in [6.07, 6.45) is 3.60. The van der Waals surface area contributed by atoms with E-state index in [0.717, 1.165) is 25.4 Å². The van der Waals surface area contributed by atoms with Gasteiger partial charge in [-0.05, 0) is 30.0 Å². The van der Waals surface area contributed by atoms with Gasteiger partial charge in [0.15, 0.2) is 0 Å². The zero-order chi connectivity index (χ0) is 15.0. The molecule has 1 aromatic rings. The largest absolute Gasteiger partial charge is 0.323 e. The molecule has 0 radical (unpaired) electrons. The quantitative estimate of drug-likeness (QED) is 0.738. The van der Waals surface area contributed by atoms with Crippen molar-refractivity contribution in [3.63, 3.8) is 0 Å². The first kappa shape index (κ1) is 17.2. The lowest BCUT2D eigenvalue weighted by atomic mass is 10.0. The van der Waals surface area contributed by atoms with Crippen LogP contribution in [0.3, 0.4) is 0 Å². The molecule has 0 amide bonds. The monoisotopic (exact) mass is 276 g/mol. The third-order valence-electron chi connectivity index (χ3n) is 4.39. The van der Waals surface area contributed by atoms with Gasteiger partial charge < -0.3 is 10.6 Å². The van der Waals surface area contributed by atoms with Gasteiger partial charge in [0, 0.05) is 19.1 Å². The van der Waals surface area contributed by atoms with Crippen LogP contribution in [-0.4, -0.2) is 24.5 Å². The molecule has 1 aromatic carbocycles. The molecule has 1 atom stereocenters. The number of likely N-dealkylation sites (N-methyl/N-ethyl adjacent to an activating group) is 1. The maximum atomic E-state index is 6.38. The highest BCUT2D eigenvalue weighted by molar-refractivity contribution is 5.25. The van der Waals surface area contributed by atoms with Crippen molar-refractivity contribution in [2.24, 2.45) is 11.7 Å². The van der Waals surface area contributed by atoms with E-state index in [4.69, 9.17) is 5.73 Å². The summed E-state index contributed by atoms with van der Waals surface area (Å²) in [4.78, 5) is 2.50. The highest BCUT2D eigenvalue weighted by Crippen LogP contribution is 2.16. The molecule has 0 saturated heterocycles. The third-order valence-corrected chi connectivity index (χ3v) is 4.39. The minimum atomic E-state index is 0.121. The number of nitrogens with two attached hydrogens (primary N) is 1. The summed E-state index contributed by atoms with van der Waals surface area (Å²) in [6, 6.07) is 8.90. The first-order valence-electron chi connectivity index (χ1n) is 8.21. The molecule has 2 N–H and O–H groups in total. The number of benzene rings is 1. The van der Waals surface area contributed by atoms with E-state index in [2.05, 4.69) is 56.9 Å². The first-order valence-corrected chi connectivity index (χ1v) is 8.21. The van der Waals surface area contributed by atoms with Crippen molar-refractivity contribution in [3.05, 3.63) is 35.4 Å². The Kier molecular flexibility index (Phi) is 7.86. The Bertz CT molecular complexity index is 354. The van der Waals surface area contributed by atoms with Gasteiger partial charge in [0.05, 0.1) is 0 Å². The van der Waals surface area contributed by atoms with Crippen LogP contribution in [0.2, 0.25) is 0 Å². The molecule has 0 bridgehead atoms. The van der Waals surface area contributed by atoms with E-state index in [1.165, 1.54) is 30.5 Å². The molecular formula is C18H32N2. The van der Waals surface area contributed by atoms with Gasteiger partial charge in [-0.25, -0.2) is 0 Å². The highest BCUT2D eigenvalue weighted by Gasteiger charge is 2.14. The van der Waals surface area contributed by atoms with Gasteiger partial charge in [-0.1, -0.05) is 64.8 Å². The molecule has 1 rings (SSSR count). The second-order valence-electron chi connectivity index (χ2n) is 5.74. The number of aryl methyl sites for hydroxylation is 1. The Hall–Kier alpha value is -0.860. The first-order chi connectivity index (χ1) is 9.64. The van der Waals surface area contributed by atoms with Crippen molar-refractivity contribution in [2.75, 3.05) is 19.6 Å². The molecule has 0 aliphatic carbocycles. The Balaban J connectivity index is 2.58. The molecule has 0 saturated carbocycles. The fourth-order valence-corrected chi connectivity index (χ4v) is 2.63. The zero-order valence-electron chi connectivity index (χ0n) is 13.7. The average Bonchev–Trinajstić information content (AvgIpc) is 2.51. The van der Waals surface area contributed by atoms with E-state index in [9.17, 15) is 0 Å². The summed E-state index contributed by atoms with van der Waals surface area (Å²) in [5, 5.41) is 0. The lowest BCUT2D eigenvalue weighted by molar-refractivity contribution is 0.222. The molecule has 1 unspecified atom stereocenters. The second-order valence-corrected chi connectivity index (χ2v) is 5.74. The minimum Gasteiger partial charge on any atom is -0.323 e. The van der Waals surface area contributed by atoms with Gasteiger partial charge in [-0.15, -0.1) is 0 Å². The van der Waals surface area contributed by atoms with Gasteiger partial charge in [-0.2, -0.15) is 0 Å². The lowest BCUT2D eigenvalue weighted by Gasteiger charge is -2.28. The maximum Gasteiger partial charge on any atom is 0.0424 e. The van der Waals surface area contributed by atoms with Crippen LogP contribution in [0.15, 0.2) is 24.3 Å². The molecule has 0 aliphatic heterocycles. The van der Waals surface area contributed by atoms with Crippen molar-refractivity contribution in [1.29, 1.82) is 0 Å². The summed E-state index contributed by atoms with van der Waals surface area (Å²) in [7, 11) is 0. The van der Waals surface area contributed by atoms with Crippen LogP contribution in [0, 0.1) is 5.92 Å². The summed E-state index contributed by atoms with van der Waals surface area (Å²) >= 11 is 0. The van der Waals surface area contributed by atoms with Crippen molar-refractivity contribution < 1.29 is 0 Å². The lowest BCUT2D eigenvalue weighted by Crippen LogP contribution is -2.35. The van der Waals surface area contributed by atoms with Gasteiger partial charge in [0.1, 0.15) is 0 Å². The molecule has 2 heteroatoms. The van der Waals surface area contributed by atoms with E-state index in [0.29, 0.717) is 0 Å². The molecule has 0 spiro atoms. The molecule has 2 nitrogen and oxygen atoms in total. The van der Waals surface area contributed by atoms with E-state index in [1.807, 2.05) is 0 Å². The highest BCUT2D eigenvalue weighted by atomic mass is 15.1. The predicted octanol–water partition coefficient (Wildman–Crippen LogP) is 4.01. The van der Waals surface area contributed by atoms with Crippen LogP contribution in [0.4, 0.5) is 0 Å². The van der Waals surface area contributed by atoms with E-state index in [1.54, 1.807) is 0 Å². The molecule has 0 aromatic heterocycles. The Morgan fingerprint density at radius 3 is 2.00 bits per heavy atom. The molecule has 0 aliphatic rings. The Labute approximate surface area is 125 Å². The summed E-state index contributed by atoms with van der Waals surface area (Å²) in [6.45, 7) is 12.2. The number of rotatable bonds is 9. The Morgan fingerprint density at radius 2 is 1.55 bits per heavy atom. The molecule has 114 valence electrons. The molecule has 0 fully saturated rings. The van der Waals surface area contributed by atoms with E-state index >= 15 is 0 Å². The normalized spacial score (nSPS) is 13.2. The van der Waals surface area contributed by atoms with Crippen LogP contribution in [0.1, 0.15) is 57.7 Å². The average molecular weight is 276 g/mol. The number of nitrogens with zero attached hydrogens (tertiary/aromatic N) is 1. The summed E-state index contributed by atoms with van der Waals surface area (Å²) < 4.78 is 0. The van der Waals surface area contributed by atoms with Crippen LogP contribution in [0.25, 0.3) is 0 Å². The van der Waals surface area contributed by atoms with Gasteiger partial charge in [-0.3, -0.25) is 0 Å². The predicted molar refractivity (Wildman–Crippen MR) is 88.9 cm³/mol. The van der Waals surface area contributed by atoms with Crippen LogP contribution in [0.5, 0.6) is 0 Å². The fourth-order valence-electron chi connectivity index (χ4n) is 2.63. The maximum absolute atomic E-state index is 6.38. The fraction of sp³-hybridized carbons (Fsp3) is 0.667. The third kappa shape index (κ3) is 5.26. The van der Waals surface area contributed by atoms with Crippen molar-refractivity contribution in [1.82, 2.24) is 4.90 Å². The number of hydrogen-bond acceptors (Lipinski definition) is 2. The smallest absolute Gasteiger partial charge is 0.0424 e. The van der Waals surface area contributed by atoms with Gasteiger partial charge in [0.2, 0.25) is 0 Å². The standard InChI is InChI=1S/C18H32N2/c1-5-15(6-2)13-20(8-4)14-18(19)17-11-9-16(7-3)10-12-17/h9-12,15,18H,5-8,13-14,19H2,1-4H3. The minimum absolute atomic E-state index is 0.121. The van der Waals surface area contributed by atoms with Crippen molar-refractivity contribution in [2.45, 2.75) is 53.0 Å². The topological polar surface area (TPSA) is 29.3 Å². The van der Waals surface area contributed by atoms with Crippen LogP contribution >= 0.6 is 0 Å². The molecule has 0 heterocycles. The van der Waals surface area contributed by atoms with Gasteiger partial charge >= 0.3 is 0 Å². The van der Waals surface area contributed by atoms with E-state index < -0.39 is 0 Å². The molecule has 20 heavy (non-hydrogen) atoms. The Morgan fingerprint density at radius 1 is 0.950 bits per heavy atom. The van der Waals surface area contributed by atoms with Crippen LogP contribution in [-0.2, 0) is 6.42 Å². The van der Waals surface area contributed by atoms with Crippen molar-refractivity contribution in [3.8, 4) is 0 Å². The number of hydrogen-bond donors (Lipinski definition) is 1. The van der Waals surface area contributed by atoms with E-state index in [-0.39, 0.29) is 6.04 Å². The SMILES string of the molecule is CCc1ccc(C(N)CN(CC)CC(CC)CC)cc1.